The van der Waals surface area contributed by atoms with Crippen LogP contribution in [0.15, 0.2) is 36.4 Å². The molecule has 0 bridgehead atoms. The molecule has 3 rings (SSSR count). The molecular weight excluding hydrogens is 309 g/mol. The first-order valence-corrected chi connectivity index (χ1v) is 7.39. The lowest BCUT2D eigenvalue weighted by atomic mass is 10.1. The fourth-order valence-corrected chi connectivity index (χ4v) is 3.00. The molecule has 3 aromatic rings. The third-order valence-corrected chi connectivity index (χ3v) is 4.21. The summed E-state index contributed by atoms with van der Waals surface area (Å²) in [6.45, 7) is 2.25. The van der Waals surface area contributed by atoms with Gasteiger partial charge in [0.2, 0.25) is 0 Å². The number of halogens is 2. The molecule has 0 spiro atoms. The van der Waals surface area contributed by atoms with Crippen LogP contribution in [0, 0.1) is 0 Å². The number of esters is 1. The van der Waals surface area contributed by atoms with Gasteiger partial charge in [-0.15, -0.1) is 0 Å². The van der Waals surface area contributed by atoms with Crippen LogP contribution < -0.4 is 0 Å². The summed E-state index contributed by atoms with van der Waals surface area (Å²) in [5.41, 5.74) is 1.70. The van der Waals surface area contributed by atoms with Crippen LogP contribution >= 0.6 is 23.2 Å². The number of aromatic nitrogens is 1. The van der Waals surface area contributed by atoms with Crippen molar-refractivity contribution < 1.29 is 9.53 Å². The van der Waals surface area contributed by atoms with Gasteiger partial charge in [-0.3, -0.25) is 4.79 Å². The Balaban J connectivity index is 2.32. The minimum atomic E-state index is -0.295. The van der Waals surface area contributed by atoms with Gasteiger partial charge in [0.25, 0.3) is 0 Å². The third-order valence-electron chi connectivity index (χ3n) is 3.42. The molecule has 0 radical (unpaired) electrons. The van der Waals surface area contributed by atoms with Crippen molar-refractivity contribution in [2.75, 3.05) is 6.61 Å². The molecule has 0 saturated heterocycles. The number of hydrogen-bond donors (Lipinski definition) is 0. The Morgan fingerprint density at radius 1 is 1.14 bits per heavy atom. The summed E-state index contributed by atoms with van der Waals surface area (Å²) in [7, 11) is 0. The quantitative estimate of drug-likeness (QED) is 0.657. The van der Waals surface area contributed by atoms with Crippen LogP contribution in [-0.4, -0.2) is 17.1 Å². The highest BCUT2D eigenvalue weighted by Crippen LogP contribution is 2.37. The van der Waals surface area contributed by atoms with E-state index in [1.165, 1.54) is 0 Å². The van der Waals surface area contributed by atoms with Gasteiger partial charge in [0.05, 0.1) is 22.2 Å². The van der Waals surface area contributed by atoms with E-state index in [4.69, 9.17) is 27.9 Å². The second-order valence-electron chi connectivity index (χ2n) is 4.67. The first-order chi connectivity index (χ1) is 10.1. The van der Waals surface area contributed by atoms with Gasteiger partial charge < -0.3 is 9.30 Å². The zero-order valence-electron chi connectivity index (χ0n) is 11.4. The van der Waals surface area contributed by atoms with Gasteiger partial charge in [-0.05, 0) is 19.1 Å². The van der Waals surface area contributed by atoms with E-state index in [1.54, 1.807) is 13.0 Å². The maximum Gasteiger partial charge on any atom is 0.325 e. The van der Waals surface area contributed by atoms with Crippen LogP contribution in [0.4, 0.5) is 0 Å². The molecule has 5 heteroatoms. The fourth-order valence-electron chi connectivity index (χ4n) is 2.58. The molecule has 0 aliphatic heterocycles. The molecular formula is C16H13Cl2NO2. The van der Waals surface area contributed by atoms with Crippen LogP contribution in [0.1, 0.15) is 6.92 Å². The number of carbonyl (C=O) groups excluding carboxylic acids is 1. The molecule has 0 saturated carbocycles. The zero-order chi connectivity index (χ0) is 15.0. The summed E-state index contributed by atoms with van der Waals surface area (Å²) in [5, 5.41) is 2.94. The topological polar surface area (TPSA) is 31.2 Å². The Morgan fingerprint density at radius 2 is 1.90 bits per heavy atom. The van der Waals surface area contributed by atoms with E-state index in [0.29, 0.717) is 16.7 Å². The predicted octanol–water partition coefficient (Wildman–Crippen LogP) is 4.66. The number of ether oxygens (including phenoxy) is 1. The van der Waals surface area contributed by atoms with Crippen LogP contribution in [0.25, 0.3) is 21.8 Å². The summed E-state index contributed by atoms with van der Waals surface area (Å²) < 4.78 is 6.91. The highest BCUT2D eigenvalue weighted by atomic mass is 35.5. The van der Waals surface area contributed by atoms with E-state index in [0.717, 1.165) is 21.8 Å². The normalized spacial score (nSPS) is 11.2. The standard InChI is InChI=1S/C16H13Cl2NO2/c1-2-21-14(20)9-19-13-6-4-3-5-10(13)11-7-8-12(17)15(18)16(11)19/h3-8H,2,9H2,1H3. The van der Waals surface area contributed by atoms with Crippen molar-refractivity contribution in [1.82, 2.24) is 4.57 Å². The Labute approximate surface area is 132 Å². The largest absolute Gasteiger partial charge is 0.465 e. The van der Waals surface area contributed by atoms with Crippen LogP contribution in [0.2, 0.25) is 10.0 Å². The number of nitrogens with zero attached hydrogens (tertiary/aromatic N) is 1. The van der Waals surface area contributed by atoms with Crippen LogP contribution in [0.3, 0.4) is 0 Å². The van der Waals surface area contributed by atoms with Crippen molar-refractivity contribution in [3.63, 3.8) is 0 Å². The average Bonchev–Trinajstić information content (AvgIpc) is 2.78. The smallest absolute Gasteiger partial charge is 0.325 e. The Kier molecular flexibility index (Phi) is 3.79. The molecule has 0 unspecified atom stereocenters. The van der Waals surface area contributed by atoms with Gasteiger partial charge in [-0.1, -0.05) is 47.5 Å². The second-order valence-corrected chi connectivity index (χ2v) is 5.45. The molecule has 1 heterocycles. The third kappa shape index (κ3) is 2.37. The lowest BCUT2D eigenvalue weighted by Crippen LogP contribution is -2.13. The van der Waals surface area contributed by atoms with Crippen molar-refractivity contribution >= 4 is 51.0 Å². The number of para-hydroxylation sites is 1. The van der Waals surface area contributed by atoms with E-state index in [1.807, 2.05) is 34.9 Å². The maximum atomic E-state index is 11.9. The number of carbonyl (C=O) groups is 1. The summed E-state index contributed by atoms with van der Waals surface area (Å²) >= 11 is 12.5. The first-order valence-electron chi connectivity index (χ1n) is 6.64. The number of benzene rings is 2. The number of hydrogen-bond acceptors (Lipinski definition) is 2. The zero-order valence-corrected chi connectivity index (χ0v) is 12.9. The lowest BCUT2D eigenvalue weighted by molar-refractivity contribution is -0.143. The summed E-state index contributed by atoms with van der Waals surface area (Å²) in [6, 6.07) is 11.5. The molecule has 0 aliphatic rings. The van der Waals surface area contributed by atoms with Gasteiger partial charge in [0.15, 0.2) is 0 Å². The van der Waals surface area contributed by atoms with Gasteiger partial charge >= 0.3 is 5.97 Å². The number of rotatable bonds is 3. The minimum absolute atomic E-state index is 0.109. The van der Waals surface area contributed by atoms with Crippen molar-refractivity contribution in [1.29, 1.82) is 0 Å². The molecule has 2 aromatic carbocycles. The summed E-state index contributed by atoms with van der Waals surface area (Å²) in [6.07, 6.45) is 0. The molecule has 0 aliphatic carbocycles. The minimum Gasteiger partial charge on any atom is -0.465 e. The lowest BCUT2D eigenvalue weighted by Gasteiger charge is -2.08. The molecule has 1 aromatic heterocycles. The first kappa shape index (κ1) is 14.2. The fraction of sp³-hybridized carbons (Fsp3) is 0.188. The number of fused-ring (bicyclic) bond motifs is 3. The molecule has 108 valence electrons. The highest BCUT2D eigenvalue weighted by Gasteiger charge is 2.17. The van der Waals surface area contributed by atoms with Gasteiger partial charge in [-0.25, -0.2) is 0 Å². The van der Waals surface area contributed by atoms with Crippen molar-refractivity contribution in [3.8, 4) is 0 Å². The molecule has 3 nitrogen and oxygen atoms in total. The van der Waals surface area contributed by atoms with E-state index < -0.39 is 0 Å². The van der Waals surface area contributed by atoms with Crippen LogP contribution in [0.5, 0.6) is 0 Å². The van der Waals surface area contributed by atoms with Crippen molar-refractivity contribution in [3.05, 3.63) is 46.4 Å². The molecule has 21 heavy (non-hydrogen) atoms. The SMILES string of the molecule is CCOC(=O)Cn1c2ccccc2c2ccc(Cl)c(Cl)c21. The summed E-state index contributed by atoms with van der Waals surface area (Å²) in [5.74, 6) is -0.295. The molecule has 0 atom stereocenters. The Hall–Kier alpha value is -1.71. The van der Waals surface area contributed by atoms with Gasteiger partial charge in [0, 0.05) is 16.3 Å². The van der Waals surface area contributed by atoms with E-state index in [-0.39, 0.29) is 12.5 Å². The second kappa shape index (κ2) is 5.58. The Bertz CT molecular complexity index is 839. The van der Waals surface area contributed by atoms with Crippen LogP contribution in [-0.2, 0) is 16.1 Å². The molecule has 0 N–H and O–H groups in total. The van der Waals surface area contributed by atoms with Crippen molar-refractivity contribution in [2.24, 2.45) is 0 Å². The highest BCUT2D eigenvalue weighted by molar-refractivity contribution is 6.45. The maximum absolute atomic E-state index is 11.9. The van der Waals surface area contributed by atoms with Gasteiger partial charge in [-0.2, -0.15) is 0 Å². The molecule has 0 amide bonds. The van der Waals surface area contributed by atoms with Crippen molar-refractivity contribution in [2.45, 2.75) is 13.5 Å². The monoisotopic (exact) mass is 321 g/mol. The summed E-state index contributed by atoms with van der Waals surface area (Å²) in [4.78, 5) is 11.9. The van der Waals surface area contributed by atoms with E-state index in [2.05, 4.69) is 0 Å². The van der Waals surface area contributed by atoms with E-state index >= 15 is 0 Å². The predicted molar refractivity (Wildman–Crippen MR) is 86.1 cm³/mol. The van der Waals surface area contributed by atoms with E-state index in [9.17, 15) is 4.79 Å². The Morgan fingerprint density at radius 3 is 2.67 bits per heavy atom. The van der Waals surface area contributed by atoms with Gasteiger partial charge in [0.1, 0.15) is 6.54 Å². The molecule has 0 fully saturated rings. The average molecular weight is 322 g/mol.